The standard InChI is InChI=1S/C6H14O2.C4H9NO/c1-4-7-6(3)8-5-2;1-2-4(5)3-6/h6H,4-5H2,1-3H3;3-4H,2,5H2,1H3. The van der Waals surface area contributed by atoms with Gasteiger partial charge in [0.2, 0.25) is 0 Å². The Morgan fingerprint density at radius 2 is 1.64 bits per heavy atom. The van der Waals surface area contributed by atoms with E-state index in [0.717, 1.165) is 25.9 Å². The van der Waals surface area contributed by atoms with E-state index < -0.39 is 0 Å². The molecule has 0 saturated heterocycles. The third-order valence-electron chi connectivity index (χ3n) is 1.45. The Labute approximate surface area is 86.8 Å². The third kappa shape index (κ3) is 14.1. The van der Waals surface area contributed by atoms with E-state index >= 15 is 0 Å². The summed E-state index contributed by atoms with van der Waals surface area (Å²) in [6, 6.07) is -0.245. The second kappa shape index (κ2) is 12.6. The van der Waals surface area contributed by atoms with Crippen molar-refractivity contribution in [2.75, 3.05) is 13.2 Å². The summed E-state index contributed by atoms with van der Waals surface area (Å²) in [5, 5.41) is 0. The fourth-order valence-electron chi connectivity index (χ4n) is 0.614. The molecule has 4 heteroatoms. The van der Waals surface area contributed by atoms with E-state index in [1.165, 1.54) is 0 Å². The molecule has 0 amide bonds. The molecule has 1 atom stereocenters. The van der Waals surface area contributed by atoms with Gasteiger partial charge in [0, 0.05) is 13.2 Å². The highest BCUT2D eigenvalue weighted by Gasteiger charge is 1.94. The first kappa shape index (κ1) is 16.0. The number of aldehydes is 1. The van der Waals surface area contributed by atoms with Gasteiger partial charge in [0.1, 0.15) is 6.29 Å². The molecule has 4 nitrogen and oxygen atoms in total. The van der Waals surface area contributed by atoms with Crippen LogP contribution in [0.25, 0.3) is 0 Å². The second-order valence-corrected chi connectivity index (χ2v) is 2.69. The lowest BCUT2D eigenvalue weighted by Crippen LogP contribution is -2.19. The summed E-state index contributed by atoms with van der Waals surface area (Å²) < 4.78 is 10.1. The molecule has 0 aromatic rings. The number of rotatable bonds is 6. The number of nitrogens with two attached hydrogens (primary N) is 1. The molecular formula is C10H23NO3. The number of hydrogen-bond donors (Lipinski definition) is 1. The Morgan fingerprint density at radius 3 is 1.79 bits per heavy atom. The van der Waals surface area contributed by atoms with Gasteiger partial charge in [-0.3, -0.25) is 0 Å². The van der Waals surface area contributed by atoms with E-state index in [1.807, 2.05) is 27.7 Å². The minimum absolute atomic E-state index is 0.0370. The molecular weight excluding hydrogens is 182 g/mol. The van der Waals surface area contributed by atoms with Gasteiger partial charge in [0.25, 0.3) is 0 Å². The average Bonchev–Trinajstić information content (AvgIpc) is 2.18. The lowest BCUT2D eigenvalue weighted by atomic mass is 10.3. The molecule has 0 rings (SSSR count). The van der Waals surface area contributed by atoms with Crippen LogP contribution in [0.3, 0.4) is 0 Å². The Bertz CT molecular complexity index is 114. The van der Waals surface area contributed by atoms with Crippen molar-refractivity contribution in [2.45, 2.75) is 46.4 Å². The van der Waals surface area contributed by atoms with E-state index in [-0.39, 0.29) is 12.3 Å². The maximum absolute atomic E-state index is 9.61. The second-order valence-electron chi connectivity index (χ2n) is 2.69. The van der Waals surface area contributed by atoms with Crippen LogP contribution < -0.4 is 5.73 Å². The zero-order valence-electron chi connectivity index (χ0n) is 9.66. The summed E-state index contributed by atoms with van der Waals surface area (Å²) in [7, 11) is 0. The molecule has 0 aliphatic rings. The molecule has 1 unspecified atom stereocenters. The summed E-state index contributed by atoms with van der Waals surface area (Å²) >= 11 is 0. The molecule has 0 fully saturated rings. The number of hydrogen-bond acceptors (Lipinski definition) is 4. The number of carbonyl (C=O) groups is 1. The van der Waals surface area contributed by atoms with Crippen molar-refractivity contribution in [3.05, 3.63) is 0 Å². The maximum Gasteiger partial charge on any atom is 0.154 e. The van der Waals surface area contributed by atoms with Gasteiger partial charge in [-0.25, -0.2) is 0 Å². The first-order valence-corrected chi connectivity index (χ1v) is 5.06. The van der Waals surface area contributed by atoms with Crippen LogP contribution in [-0.4, -0.2) is 31.8 Å². The van der Waals surface area contributed by atoms with E-state index in [4.69, 9.17) is 15.2 Å². The molecule has 0 aliphatic carbocycles. The summed E-state index contributed by atoms with van der Waals surface area (Å²) in [6.07, 6.45) is 1.45. The van der Waals surface area contributed by atoms with Gasteiger partial charge in [-0.2, -0.15) is 0 Å². The highest BCUT2D eigenvalue weighted by Crippen LogP contribution is 1.90. The predicted molar refractivity (Wildman–Crippen MR) is 57.0 cm³/mol. The molecule has 0 radical (unpaired) electrons. The molecule has 2 N–H and O–H groups in total. The van der Waals surface area contributed by atoms with Gasteiger partial charge in [0.05, 0.1) is 6.04 Å². The van der Waals surface area contributed by atoms with Gasteiger partial charge in [-0.1, -0.05) is 6.92 Å². The van der Waals surface area contributed by atoms with Crippen molar-refractivity contribution in [1.29, 1.82) is 0 Å². The molecule has 0 aromatic heterocycles. The van der Waals surface area contributed by atoms with Gasteiger partial charge in [-0.15, -0.1) is 0 Å². The minimum Gasteiger partial charge on any atom is -0.353 e. The molecule has 0 aromatic carbocycles. The normalized spacial score (nSPS) is 11.9. The van der Waals surface area contributed by atoms with Crippen LogP contribution >= 0.6 is 0 Å². The summed E-state index contributed by atoms with van der Waals surface area (Å²) in [6.45, 7) is 9.12. The van der Waals surface area contributed by atoms with Crippen LogP contribution in [0.2, 0.25) is 0 Å². The van der Waals surface area contributed by atoms with Crippen molar-refractivity contribution in [3.63, 3.8) is 0 Å². The highest BCUT2D eigenvalue weighted by molar-refractivity contribution is 5.56. The van der Waals surface area contributed by atoms with E-state index in [9.17, 15) is 4.79 Å². The molecule has 0 aliphatic heterocycles. The van der Waals surface area contributed by atoms with Crippen molar-refractivity contribution >= 4 is 6.29 Å². The van der Waals surface area contributed by atoms with Crippen LogP contribution in [-0.2, 0) is 14.3 Å². The van der Waals surface area contributed by atoms with Crippen LogP contribution in [0.5, 0.6) is 0 Å². The fourth-order valence-corrected chi connectivity index (χ4v) is 0.614. The summed E-state index contributed by atoms with van der Waals surface area (Å²) in [4.78, 5) is 9.61. The first-order chi connectivity index (χ1) is 6.62. The van der Waals surface area contributed by atoms with Crippen LogP contribution in [0.15, 0.2) is 0 Å². The predicted octanol–water partition coefficient (Wildman–Crippen LogP) is 1.33. The highest BCUT2D eigenvalue weighted by atomic mass is 16.7. The van der Waals surface area contributed by atoms with Gasteiger partial charge in [0.15, 0.2) is 6.29 Å². The Morgan fingerprint density at radius 1 is 1.21 bits per heavy atom. The lowest BCUT2D eigenvalue weighted by Gasteiger charge is -2.09. The van der Waals surface area contributed by atoms with E-state index in [1.54, 1.807) is 0 Å². The van der Waals surface area contributed by atoms with Crippen LogP contribution in [0.4, 0.5) is 0 Å². The van der Waals surface area contributed by atoms with Crippen molar-refractivity contribution in [1.82, 2.24) is 0 Å². The number of carbonyl (C=O) groups excluding carboxylic acids is 1. The van der Waals surface area contributed by atoms with E-state index in [0.29, 0.717) is 0 Å². The molecule has 0 saturated carbocycles. The topological polar surface area (TPSA) is 61.6 Å². The van der Waals surface area contributed by atoms with Crippen molar-refractivity contribution in [2.24, 2.45) is 5.73 Å². The minimum atomic E-state index is -0.245. The Hall–Kier alpha value is -0.450. The Kier molecular flexibility index (Phi) is 14.3. The third-order valence-corrected chi connectivity index (χ3v) is 1.45. The van der Waals surface area contributed by atoms with Crippen molar-refractivity contribution < 1.29 is 14.3 Å². The summed E-state index contributed by atoms with van der Waals surface area (Å²) in [5.41, 5.74) is 5.10. The lowest BCUT2D eigenvalue weighted by molar-refractivity contribution is -0.123. The largest absolute Gasteiger partial charge is 0.353 e. The van der Waals surface area contributed by atoms with Crippen LogP contribution in [0, 0.1) is 0 Å². The van der Waals surface area contributed by atoms with Crippen molar-refractivity contribution in [3.8, 4) is 0 Å². The van der Waals surface area contributed by atoms with Gasteiger partial charge in [-0.05, 0) is 27.2 Å². The first-order valence-electron chi connectivity index (χ1n) is 5.06. The van der Waals surface area contributed by atoms with Crippen LogP contribution in [0.1, 0.15) is 34.1 Å². The fraction of sp³-hybridized carbons (Fsp3) is 0.900. The maximum atomic E-state index is 9.61. The molecule has 14 heavy (non-hydrogen) atoms. The Balaban J connectivity index is 0. The quantitative estimate of drug-likeness (QED) is 0.525. The van der Waals surface area contributed by atoms with E-state index in [2.05, 4.69) is 0 Å². The van der Waals surface area contributed by atoms with Gasteiger partial charge >= 0.3 is 0 Å². The molecule has 86 valence electrons. The monoisotopic (exact) mass is 205 g/mol. The zero-order chi connectivity index (χ0) is 11.4. The van der Waals surface area contributed by atoms with Gasteiger partial charge < -0.3 is 20.0 Å². The molecule has 0 heterocycles. The molecule has 0 bridgehead atoms. The molecule has 0 spiro atoms. The number of ether oxygens (including phenoxy) is 2. The SMILES string of the molecule is CCC(N)C=O.CCOC(C)OCC. The summed E-state index contributed by atoms with van der Waals surface area (Å²) in [5.74, 6) is 0. The average molecular weight is 205 g/mol. The zero-order valence-corrected chi connectivity index (χ0v) is 9.66. The smallest absolute Gasteiger partial charge is 0.154 e.